The molecule has 2 aromatic heterocycles. The Labute approximate surface area is 147 Å². The maximum absolute atomic E-state index is 5.01. The van der Waals surface area contributed by atoms with Gasteiger partial charge in [0.15, 0.2) is 0 Å². The lowest BCUT2D eigenvalue weighted by Crippen LogP contribution is -2.32. The average Bonchev–Trinajstić information content (AvgIpc) is 3.29. The van der Waals surface area contributed by atoms with E-state index >= 15 is 0 Å². The van der Waals surface area contributed by atoms with Crippen LogP contribution in [0.3, 0.4) is 0 Å². The van der Waals surface area contributed by atoms with Crippen molar-refractivity contribution in [3.05, 3.63) is 47.2 Å². The molecule has 1 N–H and O–H groups in total. The zero-order valence-electron chi connectivity index (χ0n) is 14.6. The van der Waals surface area contributed by atoms with Gasteiger partial charge in [-0.05, 0) is 43.4 Å². The van der Waals surface area contributed by atoms with Crippen LogP contribution < -0.4 is 9.80 Å². The minimum atomic E-state index is 0.876. The van der Waals surface area contributed by atoms with E-state index in [2.05, 4.69) is 52.0 Å². The Morgan fingerprint density at radius 3 is 2.60 bits per heavy atom. The molecule has 1 saturated heterocycles. The van der Waals surface area contributed by atoms with Gasteiger partial charge < -0.3 is 14.8 Å². The highest BCUT2D eigenvalue weighted by molar-refractivity contribution is 5.89. The third-order valence-electron chi connectivity index (χ3n) is 5.41. The molecule has 0 amide bonds. The van der Waals surface area contributed by atoms with Crippen molar-refractivity contribution in [3.63, 3.8) is 0 Å². The van der Waals surface area contributed by atoms with Gasteiger partial charge in [0.1, 0.15) is 11.5 Å². The Morgan fingerprint density at radius 1 is 0.960 bits per heavy atom. The van der Waals surface area contributed by atoms with Crippen LogP contribution in [-0.4, -0.2) is 34.6 Å². The van der Waals surface area contributed by atoms with Crippen molar-refractivity contribution < 1.29 is 0 Å². The quantitative estimate of drug-likeness (QED) is 0.780. The summed E-state index contributed by atoms with van der Waals surface area (Å²) in [5.41, 5.74) is 4.98. The number of aryl methyl sites for hydroxylation is 1. The van der Waals surface area contributed by atoms with Crippen molar-refractivity contribution >= 4 is 22.8 Å². The lowest BCUT2D eigenvalue weighted by Gasteiger charge is -2.30. The standard InChI is InChI=1S/C20H23N5/c1-14-12-17-18(21-14)22-20(24-9-4-5-10-24)23-19(17)25-11-8-15-6-2-3-7-16(15)13-25/h2-3,6-7,12H,4-5,8-11,13H2,1H3,(H,21,22,23). The molecule has 1 aromatic carbocycles. The van der Waals surface area contributed by atoms with Gasteiger partial charge >= 0.3 is 0 Å². The van der Waals surface area contributed by atoms with E-state index in [-0.39, 0.29) is 0 Å². The van der Waals surface area contributed by atoms with E-state index in [0.29, 0.717) is 0 Å². The molecule has 0 spiro atoms. The first-order chi connectivity index (χ1) is 12.3. The minimum absolute atomic E-state index is 0.876. The van der Waals surface area contributed by atoms with Crippen LogP contribution in [0.2, 0.25) is 0 Å². The highest BCUT2D eigenvalue weighted by Crippen LogP contribution is 2.31. The highest BCUT2D eigenvalue weighted by Gasteiger charge is 2.23. The molecule has 0 atom stereocenters. The van der Waals surface area contributed by atoms with Gasteiger partial charge in [-0.1, -0.05) is 24.3 Å². The fourth-order valence-corrected chi connectivity index (χ4v) is 4.09. The van der Waals surface area contributed by atoms with Crippen LogP contribution in [0.1, 0.15) is 29.7 Å². The summed E-state index contributed by atoms with van der Waals surface area (Å²) in [6.07, 6.45) is 3.54. The maximum atomic E-state index is 5.01. The SMILES string of the molecule is Cc1cc2c(N3CCc4ccccc4C3)nc(N3CCCC3)nc2[nH]1. The smallest absolute Gasteiger partial charge is 0.229 e. The van der Waals surface area contributed by atoms with Crippen molar-refractivity contribution in [1.29, 1.82) is 0 Å². The number of rotatable bonds is 2. The molecule has 128 valence electrons. The number of aromatic nitrogens is 3. The summed E-state index contributed by atoms with van der Waals surface area (Å²) in [7, 11) is 0. The van der Waals surface area contributed by atoms with Gasteiger partial charge in [-0.15, -0.1) is 0 Å². The molecule has 1 fully saturated rings. The summed E-state index contributed by atoms with van der Waals surface area (Å²) in [5.74, 6) is 1.95. The Hall–Kier alpha value is -2.56. The molecule has 0 radical (unpaired) electrons. The zero-order chi connectivity index (χ0) is 16.8. The van der Waals surface area contributed by atoms with E-state index in [0.717, 1.165) is 61.1 Å². The molecule has 0 bridgehead atoms. The van der Waals surface area contributed by atoms with E-state index in [9.17, 15) is 0 Å². The van der Waals surface area contributed by atoms with Crippen molar-refractivity contribution in [1.82, 2.24) is 15.0 Å². The number of hydrogen-bond acceptors (Lipinski definition) is 4. The lowest BCUT2D eigenvalue weighted by atomic mass is 10.00. The molecule has 0 unspecified atom stereocenters. The molecule has 2 aliphatic heterocycles. The third kappa shape index (κ3) is 2.54. The van der Waals surface area contributed by atoms with Gasteiger partial charge in [-0.25, -0.2) is 0 Å². The molecular weight excluding hydrogens is 310 g/mol. The number of benzene rings is 1. The highest BCUT2D eigenvalue weighted by atomic mass is 15.3. The topological polar surface area (TPSA) is 48.1 Å². The van der Waals surface area contributed by atoms with Crippen LogP contribution in [0.5, 0.6) is 0 Å². The average molecular weight is 333 g/mol. The molecule has 0 saturated carbocycles. The summed E-state index contributed by atoms with van der Waals surface area (Å²) in [5, 5.41) is 1.14. The first-order valence-electron chi connectivity index (χ1n) is 9.22. The summed E-state index contributed by atoms with van der Waals surface area (Å²) in [6.45, 7) is 6.15. The Kier molecular flexibility index (Phi) is 3.40. The second kappa shape index (κ2) is 5.76. The fourth-order valence-electron chi connectivity index (χ4n) is 4.09. The molecule has 25 heavy (non-hydrogen) atoms. The molecule has 0 aliphatic carbocycles. The number of anilines is 2. The van der Waals surface area contributed by atoms with Gasteiger partial charge in [-0.2, -0.15) is 9.97 Å². The van der Waals surface area contributed by atoms with E-state index in [1.54, 1.807) is 0 Å². The molecule has 4 heterocycles. The Balaban J connectivity index is 1.59. The number of nitrogens with zero attached hydrogens (tertiary/aromatic N) is 4. The van der Waals surface area contributed by atoms with Crippen molar-refractivity contribution in [2.75, 3.05) is 29.4 Å². The van der Waals surface area contributed by atoms with Crippen LogP contribution in [0.15, 0.2) is 30.3 Å². The van der Waals surface area contributed by atoms with Crippen LogP contribution in [-0.2, 0) is 13.0 Å². The predicted octanol–water partition coefficient (Wildman–Crippen LogP) is 3.43. The predicted molar refractivity (Wildman–Crippen MR) is 101 cm³/mol. The summed E-state index contributed by atoms with van der Waals surface area (Å²) in [6, 6.07) is 10.9. The number of aromatic amines is 1. The normalized spacial score (nSPS) is 17.3. The summed E-state index contributed by atoms with van der Waals surface area (Å²) >= 11 is 0. The van der Waals surface area contributed by atoms with Crippen LogP contribution in [0.4, 0.5) is 11.8 Å². The molecule has 5 nitrogen and oxygen atoms in total. The first-order valence-corrected chi connectivity index (χ1v) is 9.22. The van der Waals surface area contributed by atoms with E-state index in [1.165, 1.54) is 24.0 Å². The summed E-state index contributed by atoms with van der Waals surface area (Å²) < 4.78 is 0. The lowest BCUT2D eigenvalue weighted by molar-refractivity contribution is 0.721. The van der Waals surface area contributed by atoms with Gasteiger partial charge in [-0.3, -0.25) is 0 Å². The van der Waals surface area contributed by atoms with Gasteiger partial charge in [0.2, 0.25) is 5.95 Å². The number of fused-ring (bicyclic) bond motifs is 2. The second-order valence-electron chi connectivity index (χ2n) is 7.20. The molecule has 5 heteroatoms. The zero-order valence-corrected chi connectivity index (χ0v) is 14.6. The van der Waals surface area contributed by atoms with Crippen LogP contribution in [0, 0.1) is 6.92 Å². The van der Waals surface area contributed by atoms with Gasteiger partial charge in [0, 0.05) is 31.9 Å². The Bertz CT molecular complexity index is 923. The molecular formula is C20H23N5. The fraction of sp³-hybridized carbons (Fsp3) is 0.400. The van der Waals surface area contributed by atoms with Crippen molar-refractivity contribution in [2.45, 2.75) is 32.7 Å². The number of H-pyrrole nitrogens is 1. The molecule has 2 aliphatic rings. The summed E-state index contributed by atoms with van der Waals surface area (Å²) in [4.78, 5) is 18.0. The van der Waals surface area contributed by atoms with Crippen LogP contribution in [0.25, 0.3) is 11.0 Å². The Morgan fingerprint density at radius 2 is 1.76 bits per heavy atom. The minimum Gasteiger partial charge on any atom is -0.351 e. The molecule has 5 rings (SSSR count). The molecule has 3 aromatic rings. The monoisotopic (exact) mass is 333 g/mol. The van der Waals surface area contributed by atoms with E-state index < -0.39 is 0 Å². The second-order valence-corrected chi connectivity index (χ2v) is 7.20. The van der Waals surface area contributed by atoms with E-state index in [1.807, 2.05) is 0 Å². The van der Waals surface area contributed by atoms with Gasteiger partial charge in [0.05, 0.1) is 5.39 Å². The number of hydrogen-bond donors (Lipinski definition) is 1. The third-order valence-corrected chi connectivity index (χ3v) is 5.41. The first kappa shape index (κ1) is 14.8. The maximum Gasteiger partial charge on any atom is 0.229 e. The van der Waals surface area contributed by atoms with Crippen molar-refractivity contribution in [3.8, 4) is 0 Å². The van der Waals surface area contributed by atoms with Crippen molar-refractivity contribution in [2.24, 2.45) is 0 Å². The van der Waals surface area contributed by atoms with Gasteiger partial charge in [0.25, 0.3) is 0 Å². The largest absolute Gasteiger partial charge is 0.351 e. The number of nitrogens with one attached hydrogen (secondary N) is 1. The van der Waals surface area contributed by atoms with E-state index in [4.69, 9.17) is 9.97 Å². The van der Waals surface area contributed by atoms with Crippen LogP contribution >= 0.6 is 0 Å².